The Kier molecular flexibility index (Phi) is 4.69. The molecule has 4 rings (SSSR count). The molecule has 0 amide bonds. The minimum absolute atomic E-state index is 0.00186. The number of pyridine rings is 2. The predicted molar refractivity (Wildman–Crippen MR) is 109 cm³/mol. The van der Waals surface area contributed by atoms with Crippen molar-refractivity contribution in [1.82, 2.24) is 9.97 Å². The summed E-state index contributed by atoms with van der Waals surface area (Å²) < 4.78 is 27.8. The van der Waals surface area contributed by atoms with E-state index in [1.807, 2.05) is 0 Å². The fourth-order valence-corrected chi connectivity index (χ4v) is 3.98. The van der Waals surface area contributed by atoms with Gasteiger partial charge in [-0.1, -0.05) is 36.4 Å². The molecule has 0 atom stereocenters. The number of H-pyrrole nitrogens is 1. The number of sulfonamides is 1. The molecule has 0 aliphatic rings. The lowest BCUT2D eigenvalue weighted by molar-refractivity contribution is 0.103. The van der Waals surface area contributed by atoms with Gasteiger partial charge in [0.15, 0.2) is 5.78 Å². The monoisotopic (exact) mass is 405 g/mol. The first-order valence-corrected chi connectivity index (χ1v) is 10.1. The van der Waals surface area contributed by atoms with E-state index < -0.39 is 21.4 Å². The number of hydrogen-bond acceptors (Lipinski definition) is 5. The fraction of sp³-hybridized carbons (Fsp3) is 0. The second kappa shape index (κ2) is 7.33. The summed E-state index contributed by atoms with van der Waals surface area (Å²) in [6.07, 6.45) is 2.71. The van der Waals surface area contributed by atoms with E-state index in [9.17, 15) is 18.0 Å². The molecule has 4 aromatic rings. The molecular weight excluding hydrogens is 390 g/mol. The van der Waals surface area contributed by atoms with Crippen molar-refractivity contribution in [2.24, 2.45) is 0 Å². The Morgan fingerprint density at radius 2 is 1.76 bits per heavy atom. The van der Waals surface area contributed by atoms with Crippen molar-refractivity contribution < 1.29 is 13.2 Å². The maximum Gasteiger partial charge on any atom is 0.263 e. The van der Waals surface area contributed by atoms with Gasteiger partial charge in [-0.2, -0.15) is 0 Å². The van der Waals surface area contributed by atoms with Crippen LogP contribution in [0, 0.1) is 0 Å². The highest BCUT2D eigenvalue weighted by Gasteiger charge is 2.18. The number of nitrogens with zero attached hydrogens (tertiary/aromatic N) is 1. The summed E-state index contributed by atoms with van der Waals surface area (Å²) in [6.45, 7) is 0. The highest BCUT2D eigenvalue weighted by atomic mass is 32.2. The van der Waals surface area contributed by atoms with Gasteiger partial charge in [0, 0.05) is 23.3 Å². The summed E-state index contributed by atoms with van der Waals surface area (Å²) in [5, 5.41) is 0.402. The van der Waals surface area contributed by atoms with Crippen molar-refractivity contribution in [3.8, 4) is 0 Å². The molecule has 0 fully saturated rings. The van der Waals surface area contributed by atoms with Gasteiger partial charge >= 0.3 is 0 Å². The Morgan fingerprint density at radius 3 is 2.48 bits per heavy atom. The largest absolute Gasteiger partial charge is 0.321 e. The molecular formula is C21H15N3O4S. The van der Waals surface area contributed by atoms with Gasteiger partial charge in [-0.05, 0) is 30.3 Å². The third-order valence-corrected chi connectivity index (χ3v) is 5.71. The lowest BCUT2D eigenvalue weighted by atomic mass is 10.0. The molecule has 29 heavy (non-hydrogen) atoms. The Balaban J connectivity index is 1.82. The first-order chi connectivity index (χ1) is 14.0. The summed E-state index contributed by atoms with van der Waals surface area (Å²) in [5.41, 5.74) is 0.400. The second-order valence-corrected chi connectivity index (χ2v) is 7.95. The molecule has 2 heterocycles. The predicted octanol–water partition coefficient (Wildman–Crippen LogP) is 2.95. The number of carbonyl (C=O) groups excluding carboxylic acids is 1. The first-order valence-electron chi connectivity index (χ1n) is 8.64. The fourth-order valence-electron chi connectivity index (χ4n) is 2.94. The number of carbonyl (C=O) groups is 1. The SMILES string of the molecule is O=C(c1ccccc1)c1cc2c(NS(=O)(=O)c3cccnc3)cccc2[nH]c1=O. The van der Waals surface area contributed by atoms with E-state index in [1.54, 1.807) is 48.5 Å². The summed E-state index contributed by atoms with van der Waals surface area (Å²) in [4.78, 5) is 31.7. The lowest BCUT2D eigenvalue weighted by Gasteiger charge is -2.11. The minimum atomic E-state index is -3.89. The molecule has 0 bridgehead atoms. The molecule has 0 aliphatic heterocycles. The molecule has 0 saturated carbocycles. The smallest absolute Gasteiger partial charge is 0.263 e. The van der Waals surface area contributed by atoms with E-state index in [2.05, 4.69) is 14.7 Å². The molecule has 2 aromatic heterocycles. The number of ketones is 1. The quantitative estimate of drug-likeness (QED) is 0.496. The van der Waals surface area contributed by atoms with E-state index in [0.29, 0.717) is 16.5 Å². The first kappa shape index (κ1) is 18.6. The third-order valence-electron chi connectivity index (χ3n) is 4.36. The minimum Gasteiger partial charge on any atom is -0.321 e. The number of nitrogens with one attached hydrogen (secondary N) is 2. The van der Waals surface area contributed by atoms with E-state index in [0.717, 1.165) is 0 Å². The van der Waals surface area contributed by atoms with Crippen molar-refractivity contribution in [3.05, 3.63) is 101 Å². The van der Waals surface area contributed by atoms with E-state index in [4.69, 9.17) is 0 Å². The van der Waals surface area contributed by atoms with Gasteiger partial charge in [0.2, 0.25) is 0 Å². The van der Waals surface area contributed by atoms with Crippen molar-refractivity contribution >= 4 is 32.4 Å². The van der Waals surface area contributed by atoms with Crippen molar-refractivity contribution in [3.63, 3.8) is 0 Å². The van der Waals surface area contributed by atoms with Crippen LogP contribution in [-0.4, -0.2) is 24.2 Å². The van der Waals surface area contributed by atoms with Crippen LogP contribution >= 0.6 is 0 Å². The molecule has 2 aromatic carbocycles. The van der Waals surface area contributed by atoms with Gasteiger partial charge in [0.05, 0.1) is 16.8 Å². The van der Waals surface area contributed by atoms with Gasteiger partial charge < -0.3 is 4.98 Å². The topological polar surface area (TPSA) is 109 Å². The van der Waals surface area contributed by atoms with Crippen molar-refractivity contribution in [2.75, 3.05) is 4.72 Å². The Bertz CT molecular complexity index is 1370. The molecule has 0 spiro atoms. The highest BCUT2D eigenvalue weighted by molar-refractivity contribution is 7.92. The van der Waals surface area contributed by atoms with Crippen LogP contribution < -0.4 is 10.3 Å². The van der Waals surface area contributed by atoms with E-state index >= 15 is 0 Å². The Labute approximate surface area is 166 Å². The lowest BCUT2D eigenvalue weighted by Crippen LogP contribution is -2.19. The molecule has 2 N–H and O–H groups in total. The van der Waals surface area contributed by atoms with Crippen LogP contribution in [0.1, 0.15) is 15.9 Å². The number of benzene rings is 2. The number of aromatic amines is 1. The van der Waals surface area contributed by atoms with Gasteiger partial charge in [0.25, 0.3) is 15.6 Å². The van der Waals surface area contributed by atoms with Crippen molar-refractivity contribution in [2.45, 2.75) is 4.90 Å². The molecule has 0 unspecified atom stereocenters. The average Bonchev–Trinajstić information content (AvgIpc) is 2.74. The standard InChI is InChI=1S/C21H15N3O4S/c25-20(14-6-2-1-3-7-14)17-12-16-18(23-21(17)26)9-4-10-19(16)24-29(27,28)15-8-5-11-22-13-15/h1-13,24H,(H,23,26). The Hall–Kier alpha value is -3.78. The number of rotatable bonds is 5. The maximum atomic E-state index is 12.8. The van der Waals surface area contributed by atoms with Crippen LogP contribution in [-0.2, 0) is 10.0 Å². The van der Waals surface area contributed by atoms with Crippen molar-refractivity contribution in [1.29, 1.82) is 0 Å². The van der Waals surface area contributed by atoms with Crippen LogP contribution in [0.3, 0.4) is 0 Å². The second-order valence-electron chi connectivity index (χ2n) is 6.27. The van der Waals surface area contributed by atoms with Crippen LogP contribution in [0.4, 0.5) is 5.69 Å². The Morgan fingerprint density at radius 1 is 0.966 bits per heavy atom. The zero-order valence-corrected chi connectivity index (χ0v) is 15.8. The zero-order chi connectivity index (χ0) is 20.4. The van der Waals surface area contributed by atoms with E-state index in [1.165, 1.54) is 30.6 Å². The molecule has 0 radical (unpaired) electrons. The van der Waals surface area contributed by atoms with Crippen LogP contribution in [0.15, 0.2) is 88.8 Å². The number of fused-ring (bicyclic) bond motifs is 1. The summed E-state index contributed by atoms with van der Waals surface area (Å²) >= 11 is 0. The summed E-state index contributed by atoms with van der Waals surface area (Å²) in [6, 6.07) is 17.6. The summed E-state index contributed by atoms with van der Waals surface area (Å²) in [7, 11) is -3.89. The molecule has 8 heteroatoms. The summed E-state index contributed by atoms with van der Waals surface area (Å²) in [5.74, 6) is -0.446. The van der Waals surface area contributed by atoms with Crippen LogP contribution in [0.2, 0.25) is 0 Å². The third kappa shape index (κ3) is 3.65. The van der Waals surface area contributed by atoms with Crippen LogP contribution in [0.5, 0.6) is 0 Å². The number of aromatic nitrogens is 2. The number of hydrogen-bond donors (Lipinski definition) is 2. The molecule has 144 valence electrons. The van der Waals surface area contributed by atoms with E-state index in [-0.39, 0.29) is 16.1 Å². The van der Waals surface area contributed by atoms with Gasteiger partial charge in [-0.25, -0.2) is 8.42 Å². The highest BCUT2D eigenvalue weighted by Crippen LogP contribution is 2.25. The van der Waals surface area contributed by atoms with Crippen LogP contribution in [0.25, 0.3) is 10.9 Å². The maximum absolute atomic E-state index is 12.8. The molecule has 0 aliphatic carbocycles. The zero-order valence-electron chi connectivity index (χ0n) is 15.0. The van der Waals surface area contributed by atoms with Gasteiger partial charge in [-0.3, -0.25) is 19.3 Å². The van der Waals surface area contributed by atoms with Gasteiger partial charge in [-0.15, -0.1) is 0 Å². The molecule has 7 nitrogen and oxygen atoms in total. The average molecular weight is 405 g/mol. The molecule has 0 saturated heterocycles. The normalized spacial score (nSPS) is 11.3. The number of anilines is 1. The van der Waals surface area contributed by atoms with Gasteiger partial charge in [0.1, 0.15) is 4.90 Å².